The van der Waals surface area contributed by atoms with Crippen molar-refractivity contribution in [3.63, 3.8) is 0 Å². The zero-order valence-corrected chi connectivity index (χ0v) is 32.4. The van der Waals surface area contributed by atoms with Crippen molar-refractivity contribution < 1.29 is 41.9 Å². The molecule has 5 aliphatic rings. The van der Waals surface area contributed by atoms with Gasteiger partial charge in [-0.2, -0.15) is 18.0 Å². The van der Waals surface area contributed by atoms with E-state index in [0.29, 0.717) is 38.8 Å². The summed E-state index contributed by atoms with van der Waals surface area (Å²) in [5.74, 6) is -2.74. The molecule has 2 aliphatic carbocycles. The van der Waals surface area contributed by atoms with E-state index in [0.717, 1.165) is 28.3 Å². The van der Waals surface area contributed by atoms with Gasteiger partial charge in [-0.3, -0.25) is 19.3 Å². The third-order valence-corrected chi connectivity index (χ3v) is 12.2. The van der Waals surface area contributed by atoms with Crippen LogP contribution in [0.4, 0.5) is 9.59 Å². The van der Waals surface area contributed by atoms with Crippen LogP contribution in [0.15, 0.2) is 36.4 Å². The average molecular weight is 782 g/mol. The summed E-state index contributed by atoms with van der Waals surface area (Å²) in [6.07, 6.45) is 5.56. The molecule has 6 rings (SSSR count). The summed E-state index contributed by atoms with van der Waals surface area (Å²) in [6.45, 7) is 5.58. The number of carbonyl (C=O) groups is 5. The lowest BCUT2D eigenvalue weighted by Gasteiger charge is -2.30. The number of hydrogen-bond donors (Lipinski definition) is 3. The second kappa shape index (κ2) is 16.2. The number of hydrogen-bond acceptors (Lipinski definition) is 10. The van der Waals surface area contributed by atoms with Crippen molar-refractivity contribution >= 4 is 40.1 Å². The SMILES string of the molecule is CC(C)(C)OC(=O)NC1CCCCCC=CC2CC2(C(=O)NS(=O)(=O)N(CCC#N)C2CC2)NC(=O)C2CC(OC(=O)N3Cc4ccccc4C3)CN2C1=O. The topological polar surface area (TPSA) is 208 Å². The molecule has 3 N–H and O–H groups in total. The Bertz CT molecular complexity index is 1830. The number of rotatable bonds is 8. The lowest BCUT2D eigenvalue weighted by Crippen LogP contribution is -2.59. The summed E-state index contributed by atoms with van der Waals surface area (Å²) in [4.78, 5) is 71.9. The molecule has 0 radical (unpaired) electrons. The van der Waals surface area contributed by atoms with E-state index in [9.17, 15) is 32.4 Å². The Morgan fingerprint density at radius 1 is 1.07 bits per heavy atom. The van der Waals surface area contributed by atoms with Gasteiger partial charge < -0.3 is 25.0 Å². The molecule has 3 fully saturated rings. The van der Waals surface area contributed by atoms with E-state index in [1.165, 1.54) is 9.80 Å². The molecule has 1 aromatic carbocycles. The van der Waals surface area contributed by atoms with Crippen molar-refractivity contribution in [2.45, 2.75) is 133 Å². The third kappa shape index (κ3) is 9.58. The van der Waals surface area contributed by atoms with Crippen LogP contribution in [0.3, 0.4) is 0 Å². The summed E-state index contributed by atoms with van der Waals surface area (Å²) in [5.41, 5.74) is -0.482. The molecule has 5 unspecified atom stereocenters. The molecule has 17 heteroatoms. The lowest BCUT2D eigenvalue weighted by molar-refractivity contribution is -0.141. The van der Waals surface area contributed by atoms with Crippen LogP contribution in [0.5, 0.6) is 0 Å². The Balaban J connectivity index is 1.25. The molecule has 1 saturated heterocycles. The second-order valence-electron chi connectivity index (χ2n) is 16.1. The fraction of sp³-hybridized carbons (Fsp3) is 0.632. The maximum atomic E-state index is 14.4. The summed E-state index contributed by atoms with van der Waals surface area (Å²) < 4.78 is 41.6. The van der Waals surface area contributed by atoms with Gasteiger partial charge in [0.25, 0.3) is 5.91 Å². The van der Waals surface area contributed by atoms with E-state index in [1.807, 2.05) is 42.5 Å². The van der Waals surface area contributed by atoms with E-state index < -0.39 is 75.4 Å². The quantitative estimate of drug-likeness (QED) is 0.329. The highest BCUT2D eigenvalue weighted by molar-refractivity contribution is 7.87. The predicted octanol–water partition coefficient (Wildman–Crippen LogP) is 3.14. The number of alkyl carbamates (subject to hydrolysis) is 1. The van der Waals surface area contributed by atoms with Gasteiger partial charge in [0.05, 0.1) is 12.6 Å². The minimum Gasteiger partial charge on any atom is -0.444 e. The molecule has 0 aromatic heterocycles. The van der Waals surface area contributed by atoms with E-state index in [1.54, 1.807) is 20.8 Å². The first-order chi connectivity index (χ1) is 26.1. The maximum Gasteiger partial charge on any atom is 0.410 e. The number of carbonyl (C=O) groups excluding carboxylic acids is 5. The van der Waals surface area contributed by atoms with Gasteiger partial charge in [-0.15, -0.1) is 0 Å². The van der Waals surface area contributed by atoms with Gasteiger partial charge in [0.2, 0.25) is 11.8 Å². The van der Waals surface area contributed by atoms with Gasteiger partial charge >= 0.3 is 22.4 Å². The minimum absolute atomic E-state index is 0.0510. The molecule has 55 heavy (non-hydrogen) atoms. The van der Waals surface area contributed by atoms with Crippen LogP contribution in [0.1, 0.15) is 96.1 Å². The standard InChI is InChI=1S/C38H51N7O9S/c1-37(2,3)54-35(49)40-30-15-8-6-4-5-7-14-27-21-38(27,34(48)42-55(51,52)45(19-11-18-39)28-16-17-28)41-32(46)31-20-29(24-44(31)33(30)47)53-36(50)43-22-25-12-9-10-13-26(25)23-43/h7,9-10,12-14,27-31H,4-6,8,11,15-17,19-24H2,1-3H3,(H,40,49)(H,41,46)(H,42,48). The molecule has 5 atom stereocenters. The van der Waals surface area contributed by atoms with Crippen LogP contribution in [-0.4, -0.2) is 101 Å². The fourth-order valence-electron chi connectivity index (χ4n) is 7.58. The molecule has 2 saturated carbocycles. The van der Waals surface area contributed by atoms with Crippen LogP contribution in [-0.2, 0) is 47.2 Å². The van der Waals surface area contributed by atoms with Gasteiger partial charge in [0.15, 0.2) is 0 Å². The van der Waals surface area contributed by atoms with Crippen molar-refractivity contribution in [1.29, 1.82) is 5.26 Å². The van der Waals surface area contributed by atoms with E-state index in [2.05, 4.69) is 15.4 Å². The largest absolute Gasteiger partial charge is 0.444 e. The number of allylic oxidation sites excluding steroid dienone is 1. The van der Waals surface area contributed by atoms with Crippen molar-refractivity contribution in [2.75, 3.05) is 13.1 Å². The van der Waals surface area contributed by atoms with Crippen LogP contribution in [0.2, 0.25) is 0 Å². The minimum atomic E-state index is -4.35. The summed E-state index contributed by atoms with van der Waals surface area (Å²) in [6, 6.07) is 6.99. The molecule has 0 bridgehead atoms. The van der Waals surface area contributed by atoms with Gasteiger partial charge in [0.1, 0.15) is 29.3 Å². The second-order valence-corrected chi connectivity index (χ2v) is 17.7. The van der Waals surface area contributed by atoms with Crippen LogP contribution in [0, 0.1) is 17.2 Å². The normalized spacial score (nSPS) is 27.0. The molecular weight excluding hydrogens is 731 g/mol. The van der Waals surface area contributed by atoms with Crippen molar-refractivity contribution in [3.8, 4) is 6.07 Å². The van der Waals surface area contributed by atoms with Gasteiger partial charge in [0, 0.05) is 44.4 Å². The van der Waals surface area contributed by atoms with Crippen LogP contribution in [0.25, 0.3) is 0 Å². The zero-order chi connectivity index (χ0) is 39.5. The highest BCUT2D eigenvalue weighted by atomic mass is 32.2. The number of nitriles is 1. The Hall–Kier alpha value is -4.69. The Labute approximate surface area is 322 Å². The monoisotopic (exact) mass is 781 g/mol. The smallest absolute Gasteiger partial charge is 0.410 e. The summed E-state index contributed by atoms with van der Waals surface area (Å²) >= 11 is 0. The number of nitrogens with one attached hydrogen (secondary N) is 3. The molecule has 1 aromatic rings. The first-order valence-electron chi connectivity index (χ1n) is 19.1. The molecule has 5 amide bonds. The molecule has 0 spiro atoms. The molecule has 16 nitrogen and oxygen atoms in total. The zero-order valence-electron chi connectivity index (χ0n) is 31.6. The third-order valence-electron chi connectivity index (χ3n) is 10.6. The number of nitrogens with zero attached hydrogens (tertiary/aromatic N) is 4. The van der Waals surface area contributed by atoms with Crippen molar-refractivity contribution in [1.82, 2.24) is 29.5 Å². The summed E-state index contributed by atoms with van der Waals surface area (Å²) in [5, 5.41) is 14.6. The van der Waals surface area contributed by atoms with Gasteiger partial charge in [-0.05, 0) is 70.4 Å². The molecular formula is C38H51N7O9S. The van der Waals surface area contributed by atoms with Crippen LogP contribution < -0.4 is 15.4 Å². The Kier molecular flexibility index (Phi) is 11.8. The lowest BCUT2D eigenvalue weighted by atomic mass is 10.0. The number of fused-ring (bicyclic) bond motifs is 3. The predicted molar refractivity (Wildman–Crippen MR) is 197 cm³/mol. The first-order valence-corrected chi connectivity index (χ1v) is 20.6. The van der Waals surface area contributed by atoms with Crippen molar-refractivity contribution in [3.05, 3.63) is 47.5 Å². The maximum absolute atomic E-state index is 14.4. The number of amides is 5. The average Bonchev–Trinajstić information content (AvgIpc) is 3.97. The molecule has 298 valence electrons. The Morgan fingerprint density at radius 2 is 1.78 bits per heavy atom. The molecule has 3 aliphatic heterocycles. The summed E-state index contributed by atoms with van der Waals surface area (Å²) in [7, 11) is -4.35. The van der Waals surface area contributed by atoms with Gasteiger partial charge in [-0.1, -0.05) is 49.3 Å². The van der Waals surface area contributed by atoms with E-state index in [-0.39, 0.29) is 44.8 Å². The van der Waals surface area contributed by atoms with Crippen molar-refractivity contribution in [2.24, 2.45) is 5.92 Å². The highest BCUT2D eigenvalue weighted by Crippen LogP contribution is 2.46. The highest BCUT2D eigenvalue weighted by Gasteiger charge is 2.62. The fourth-order valence-corrected chi connectivity index (χ4v) is 9.05. The van der Waals surface area contributed by atoms with E-state index >= 15 is 0 Å². The van der Waals surface area contributed by atoms with Crippen LogP contribution >= 0.6 is 0 Å². The number of benzene rings is 1. The van der Waals surface area contributed by atoms with Gasteiger partial charge in [-0.25, -0.2) is 14.3 Å². The Morgan fingerprint density at radius 3 is 2.44 bits per heavy atom. The van der Waals surface area contributed by atoms with E-state index in [4.69, 9.17) is 14.7 Å². The first kappa shape index (κ1) is 40.0. The molecule has 3 heterocycles. The number of ether oxygens (including phenoxy) is 2.